The zero-order valence-electron chi connectivity index (χ0n) is 21.2. The van der Waals surface area contributed by atoms with E-state index in [9.17, 15) is 9.59 Å². The number of carbonyl (C=O) groups is 1. The average molecular weight is 519 g/mol. The molecule has 4 aromatic rings. The second-order valence-corrected chi connectivity index (χ2v) is 10.1. The number of hydrogen-bond donors (Lipinski definition) is 1. The number of anilines is 1. The highest BCUT2D eigenvalue weighted by molar-refractivity contribution is 7.99. The number of nitrogens with one attached hydrogen (secondary N) is 1. The SMILES string of the molecule is Cc1c(NC(=O)CSc2nnc(-c3ccc(OC4CCCC4)cc3)n2C)c(=O)n(-c2ccccc2)n1C. The normalized spacial score (nSPS) is 13.7. The van der Waals surface area contributed by atoms with Crippen molar-refractivity contribution in [2.75, 3.05) is 11.1 Å². The van der Waals surface area contributed by atoms with Gasteiger partial charge in [0.15, 0.2) is 11.0 Å². The first-order chi connectivity index (χ1) is 17.9. The quantitative estimate of drug-likeness (QED) is 0.349. The van der Waals surface area contributed by atoms with Gasteiger partial charge in [-0.2, -0.15) is 0 Å². The molecule has 2 aromatic carbocycles. The van der Waals surface area contributed by atoms with Crippen molar-refractivity contribution in [1.82, 2.24) is 24.1 Å². The minimum atomic E-state index is -0.283. The van der Waals surface area contributed by atoms with Crippen LogP contribution < -0.4 is 15.6 Å². The number of carbonyl (C=O) groups excluding carboxylic acids is 1. The van der Waals surface area contributed by atoms with Gasteiger partial charge in [-0.25, -0.2) is 4.68 Å². The van der Waals surface area contributed by atoms with E-state index in [1.165, 1.54) is 29.3 Å². The predicted molar refractivity (Wildman–Crippen MR) is 144 cm³/mol. The molecule has 0 atom stereocenters. The summed E-state index contributed by atoms with van der Waals surface area (Å²) < 4.78 is 11.2. The Kier molecular flexibility index (Phi) is 7.18. The molecule has 1 fully saturated rings. The van der Waals surface area contributed by atoms with E-state index in [2.05, 4.69) is 15.5 Å². The van der Waals surface area contributed by atoms with Crippen LogP contribution in [0, 0.1) is 6.92 Å². The number of para-hydroxylation sites is 1. The molecule has 0 radical (unpaired) electrons. The maximum absolute atomic E-state index is 13.0. The molecule has 2 heterocycles. The van der Waals surface area contributed by atoms with Crippen molar-refractivity contribution in [3.05, 3.63) is 70.6 Å². The molecule has 0 saturated heterocycles. The number of amides is 1. The van der Waals surface area contributed by atoms with Gasteiger partial charge in [-0.1, -0.05) is 30.0 Å². The molecule has 10 heteroatoms. The molecule has 37 heavy (non-hydrogen) atoms. The Bertz CT molecular complexity index is 1450. The summed E-state index contributed by atoms with van der Waals surface area (Å²) in [4.78, 5) is 25.8. The standard InChI is InChI=1S/C27H30N6O3S/c1-18-24(26(35)33(32(18)3)20-9-5-4-6-10-20)28-23(34)17-37-27-30-29-25(31(27)2)19-13-15-22(16-14-19)36-21-11-7-8-12-21/h4-6,9-10,13-16,21H,7-8,11-12,17H2,1-3H3,(H,28,34). The van der Waals surface area contributed by atoms with Gasteiger partial charge < -0.3 is 14.6 Å². The average Bonchev–Trinajstić information content (AvgIpc) is 3.60. The van der Waals surface area contributed by atoms with E-state index in [4.69, 9.17) is 4.74 Å². The van der Waals surface area contributed by atoms with Gasteiger partial charge in [0.2, 0.25) is 5.91 Å². The van der Waals surface area contributed by atoms with Gasteiger partial charge in [0.1, 0.15) is 11.4 Å². The molecule has 0 unspecified atom stereocenters. The third-order valence-electron chi connectivity index (χ3n) is 6.70. The van der Waals surface area contributed by atoms with Crippen molar-refractivity contribution in [2.24, 2.45) is 14.1 Å². The van der Waals surface area contributed by atoms with Gasteiger partial charge in [-0.15, -0.1) is 10.2 Å². The van der Waals surface area contributed by atoms with Crippen LogP contribution in [-0.4, -0.2) is 41.9 Å². The molecule has 0 bridgehead atoms. The summed E-state index contributed by atoms with van der Waals surface area (Å²) in [7, 11) is 3.67. The monoisotopic (exact) mass is 518 g/mol. The van der Waals surface area contributed by atoms with Gasteiger partial charge >= 0.3 is 0 Å². The Labute approximate surface area is 219 Å². The molecule has 192 valence electrons. The summed E-state index contributed by atoms with van der Waals surface area (Å²) in [5.74, 6) is 1.39. The number of hydrogen-bond acceptors (Lipinski definition) is 6. The van der Waals surface area contributed by atoms with Crippen LogP contribution in [0.5, 0.6) is 5.75 Å². The van der Waals surface area contributed by atoms with Crippen LogP contribution in [0.15, 0.2) is 64.5 Å². The summed E-state index contributed by atoms with van der Waals surface area (Å²) >= 11 is 1.27. The summed E-state index contributed by atoms with van der Waals surface area (Å²) in [6.45, 7) is 1.81. The number of benzene rings is 2. The van der Waals surface area contributed by atoms with Crippen LogP contribution in [0.4, 0.5) is 5.69 Å². The molecule has 0 aliphatic heterocycles. The lowest BCUT2D eigenvalue weighted by Crippen LogP contribution is -2.23. The van der Waals surface area contributed by atoms with Crippen LogP contribution in [0.25, 0.3) is 17.1 Å². The summed E-state index contributed by atoms with van der Waals surface area (Å²) in [6.07, 6.45) is 5.02. The van der Waals surface area contributed by atoms with E-state index in [1.807, 2.05) is 73.1 Å². The van der Waals surface area contributed by atoms with Gasteiger partial charge in [-0.3, -0.25) is 14.3 Å². The highest BCUT2D eigenvalue weighted by Crippen LogP contribution is 2.27. The van der Waals surface area contributed by atoms with Crippen LogP contribution in [0.3, 0.4) is 0 Å². The molecule has 0 spiro atoms. The van der Waals surface area contributed by atoms with Crippen molar-refractivity contribution < 1.29 is 9.53 Å². The first kappa shape index (κ1) is 24.9. The van der Waals surface area contributed by atoms with E-state index < -0.39 is 0 Å². The third kappa shape index (κ3) is 5.20. The fourth-order valence-electron chi connectivity index (χ4n) is 4.59. The second kappa shape index (κ2) is 10.7. The molecule has 9 nitrogen and oxygen atoms in total. The summed E-state index contributed by atoms with van der Waals surface area (Å²) in [5.41, 5.74) is 2.33. The highest BCUT2D eigenvalue weighted by Gasteiger charge is 2.20. The van der Waals surface area contributed by atoms with Crippen molar-refractivity contribution in [2.45, 2.75) is 43.9 Å². The Balaban J connectivity index is 1.23. The second-order valence-electron chi connectivity index (χ2n) is 9.19. The molecule has 1 saturated carbocycles. The van der Waals surface area contributed by atoms with Crippen LogP contribution in [0.1, 0.15) is 31.4 Å². The minimum absolute atomic E-state index is 0.0965. The fourth-order valence-corrected chi connectivity index (χ4v) is 5.30. The van der Waals surface area contributed by atoms with Crippen molar-refractivity contribution >= 4 is 23.4 Å². The number of aromatic nitrogens is 5. The molecule has 1 N–H and O–H groups in total. The number of ether oxygens (including phenoxy) is 1. The van der Waals surface area contributed by atoms with Gasteiger partial charge in [0, 0.05) is 19.7 Å². The molecule has 5 rings (SSSR count). The van der Waals surface area contributed by atoms with Crippen LogP contribution >= 0.6 is 11.8 Å². The summed E-state index contributed by atoms with van der Waals surface area (Å²) in [6, 6.07) is 17.2. The maximum Gasteiger partial charge on any atom is 0.295 e. The van der Waals surface area contributed by atoms with Crippen molar-refractivity contribution in [3.63, 3.8) is 0 Å². The van der Waals surface area contributed by atoms with E-state index in [0.29, 0.717) is 22.8 Å². The van der Waals surface area contributed by atoms with Crippen LogP contribution in [-0.2, 0) is 18.9 Å². The molecule has 1 aliphatic rings. The molecular weight excluding hydrogens is 488 g/mol. The maximum atomic E-state index is 13.0. The Hall–Kier alpha value is -3.79. The van der Waals surface area contributed by atoms with E-state index >= 15 is 0 Å². The number of thioether (sulfide) groups is 1. The minimum Gasteiger partial charge on any atom is -0.490 e. The fraction of sp³-hybridized carbons (Fsp3) is 0.333. The zero-order valence-corrected chi connectivity index (χ0v) is 22.0. The van der Waals surface area contributed by atoms with E-state index in [1.54, 1.807) is 11.7 Å². The summed E-state index contributed by atoms with van der Waals surface area (Å²) in [5, 5.41) is 12.0. The number of rotatable bonds is 8. The highest BCUT2D eigenvalue weighted by atomic mass is 32.2. The third-order valence-corrected chi connectivity index (χ3v) is 7.72. The number of nitrogens with zero attached hydrogens (tertiary/aromatic N) is 5. The topological polar surface area (TPSA) is 96.0 Å². The molecule has 1 aliphatic carbocycles. The van der Waals surface area contributed by atoms with E-state index in [0.717, 1.165) is 29.8 Å². The van der Waals surface area contributed by atoms with Gasteiger partial charge in [0.25, 0.3) is 5.56 Å². The van der Waals surface area contributed by atoms with Crippen LogP contribution in [0.2, 0.25) is 0 Å². The Morgan fingerprint density at radius 2 is 1.76 bits per heavy atom. The molecular formula is C27H30N6O3S. The van der Waals surface area contributed by atoms with Crippen molar-refractivity contribution in [1.29, 1.82) is 0 Å². The van der Waals surface area contributed by atoms with Gasteiger partial charge in [0.05, 0.1) is 23.2 Å². The first-order valence-electron chi connectivity index (χ1n) is 12.4. The molecule has 1 amide bonds. The zero-order chi connectivity index (χ0) is 25.9. The lowest BCUT2D eigenvalue weighted by molar-refractivity contribution is -0.113. The van der Waals surface area contributed by atoms with E-state index in [-0.39, 0.29) is 22.9 Å². The predicted octanol–water partition coefficient (Wildman–Crippen LogP) is 4.33. The van der Waals surface area contributed by atoms with Crippen molar-refractivity contribution in [3.8, 4) is 22.8 Å². The molecule has 2 aromatic heterocycles. The lowest BCUT2D eigenvalue weighted by atomic mass is 10.2. The smallest absolute Gasteiger partial charge is 0.295 e. The Morgan fingerprint density at radius 1 is 1.05 bits per heavy atom. The lowest BCUT2D eigenvalue weighted by Gasteiger charge is -2.13. The first-order valence-corrected chi connectivity index (χ1v) is 13.3. The van der Waals surface area contributed by atoms with Gasteiger partial charge in [-0.05, 0) is 69.0 Å². The Morgan fingerprint density at radius 3 is 2.46 bits per heavy atom. The largest absolute Gasteiger partial charge is 0.490 e.